The first-order valence-electron chi connectivity index (χ1n) is 9.20. The van der Waals surface area contributed by atoms with E-state index in [1.165, 1.54) is 0 Å². The molecule has 1 aromatic carbocycles. The summed E-state index contributed by atoms with van der Waals surface area (Å²) >= 11 is 0. The number of para-hydroxylation sites is 1. The first-order chi connectivity index (χ1) is 12.8. The fourth-order valence-electron chi connectivity index (χ4n) is 3.88. The number of nitrogens with zero attached hydrogens (tertiary/aromatic N) is 1. The van der Waals surface area contributed by atoms with Crippen LogP contribution in [0, 0.1) is 20.8 Å². The number of carboxylic acids is 1. The van der Waals surface area contributed by atoms with Gasteiger partial charge in [0.15, 0.2) is 0 Å². The van der Waals surface area contributed by atoms with Crippen LogP contribution in [0.4, 0.5) is 0 Å². The standard InChI is InChI=1S/C21H26N2O4/c1-14-6-4-5-7-18(14)23-15(2)12-17(16(23)3)20(26)22-21(13-19(24)25)8-10-27-11-9-21/h4-7,12H,8-11,13H2,1-3H3,(H,22,26)(H,24,25). The van der Waals surface area contributed by atoms with Gasteiger partial charge in [0, 0.05) is 30.3 Å². The molecule has 27 heavy (non-hydrogen) atoms. The Morgan fingerprint density at radius 2 is 1.85 bits per heavy atom. The van der Waals surface area contributed by atoms with Crippen LogP contribution in [0.2, 0.25) is 0 Å². The monoisotopic (exact) mass is 370 g/mol. The van der Waals surface area contributed by atoms with Crippen molar-refractivity contribution in [3.8, 4) is 5.69 Å². The van der Waals surface area contributed by atoms with E-state index in [-0.39, 0.29) is 12.3 Å². The van der Waals surface area contributed by atoms with E-state index in [9.17, 15) is 14.7 Å². The van der Waals surface area contributed by atoms with Gasteiger partial charge in [0.25, 0.3) is 5.91 Å². The number of hydrogen-bond donors (Lipinski definition) is 2. The summed E-state index contributed by atoms with van der Waals surface area (Å²) in [6.07, 6.45) is 0.905. The molecule has 2 aromatic rings. The number of carboxylic acid groups (broad SMARTS) is 1. The molecule has 1 aromatic heterocycles. The van der Waals surface area contributed by atoms with Crippen LogP contribution in [-0.4, -0.2) is 40.3 Å². The zero-order chi connectivity index (χ0) is 19.6. The van der Waals surface area contributed by atoms with Crippen LogP contribution < -0.4 is 5.32 Å². The summed E-state index contributed by atoms with van der Waals surface area (Å²) < 4.78 is 7.43. The van der Waals surface area contributed by atoms with Crippen LogP contribution in [0.25, 0.3) is 5.69 Å². The van der Waals surface area contributed by atoms with Crippen molar-refractivity contribution in [3.05, 3.63) is 52.8 Å². The summed E-state index contributed by atoms with van der Waals surface area (Å²) in [5.74, 6) is -1.14. The van der Waals surface area contributed by atoms with Gasteiger partial charge in [0.05, 0.1) is 17.5 Å². The van der Waals surface area contributed by atoms with E-state index in [0.29, 0.717) is 31.6 Å². The molecule has 0 unspecified atom stereocenters. The van der Waals surface area contributed by atoms with Crippen molar-refractivity contribution >= 4 is 11.9 Å². The summed E-state index contributed by atoms with van der Waals surface area (Å²) in [5, 5.41) is 12.3. The minimum absolute atomic E-state index is 0.0986. The maximum Gasteiger partial charge on any atom is 0.305 e. The highest BCUT2D eigenvalue weighted by atomic mass is 16.5. The molecule has 0 bridgehead atoms. The Hall–Kier alpha value is -2.60. The van der Waals surface area contributed by atoms with E-state index >= 15 is 0 Å². The SMILES string of the molecule is Cc1ccccc1-n1c(C)cc(C(=O)NC2(CC(=O)O)CCOCC2)c1C. The fourth-order valence-corrected chi connectivity index (χ4v) is 3.88. The predicted molar refractivity (Wildman–Crippen MR) is 102 cm³/mol. The molecule has 3 rings (SSSR count). The maximum atomic E-state index is 13.0. The lowest BCUT2D eigenvalue weighted by Crippen LogP contribution is -2.53. The number of aromatic nitrogens is 1. The molecule has 0 saturated carbocycles. The molecule has 2 N–H and O–H groups in total. The van der Waals surface area contributed by atoms with E-state index in [2.05, 4.69) is 9.88 Å². The molecule has 0 aliphatic carbocycles. The average Bonchev–Trinajstić information content (AvgIpc) is 2.90. The van der Waals surface area contributed by atoms with E-state index in [4.69, 9.17) is 4.74 Å². The maximum absolute atomic E-state index is 13.0. The number of aliphatic carboxylic acids is 1. The first kappa shape index (κ1) is 19.2. The van der Waals surface area contributed by atoms with Crippen molar-refractivity contribution < 1.29 is 19.4 Å². The van der Waals surface area contributed by atoms with Gasteiger partial charge in [-0.2, -0.15) is 0 Å². The molecule has 0 radical (unpaired) electrons. The second kappa shape index (κ2) is 7.56. The number of aryl methyl sites for hydroxylation is 2. The van der Waals surface area contributed by atoms with Gasteiger partial charge in [-0.1, -0.05) is 18.2 Å². The number of ether oxygens (including phenoxy) is 1. The molecule has 2 heterocycles. The summed E-state index contributed by atoms with van der Waals surface area (Å²) in [6.45, 7) is 6.84. The van der Waals surface area contributed by atoms with Gasteiger partial charge >= 0.3 is 5.97 Å². The van der Waals surface area contributed by atoms with Gasteiger partial charge in [0.1, 0.15) is 0 Å². The zero-order valence-corrected chi connectivity index (χ0v) is 16.0. The second-order valence-electron chi connectivity index (χ2n) is 7.32. The van der Waals surface area contributed by atoms with E-state index in [0.717, 1.165) is 22.6 Å². The Labute approximate surface area is 159 Å². The smallest absolute Gasteiger partial charge is 0.305 e. The molecule has 1 aliphatic heterocycles. The lowest BCUT2D eigenvalue weighted by Gasteiger charge is -2.36. The number of nitrogens with one attached hydrogen (secondary N) is 1. The van der Waals surface area contributed by atoms with Crippen LogP contribution >= 0.6 is 0 Å². The van der Waals surface area contributed by atoms with Crippen LogP contribution in [0.1, 0.15) is 46.6 Å². The lowest BCUT2D eigenvalue weighted by molar-refractivity contribution is -0.139. The van der Waals surface area contributed by atoms with Crippen molar-refractivity contribution in [2.75, 3.05) is 13.2 Å². The minimum Gasteiger partial charge on any atom is -0.481 e. The molecule has 6 nitrogen and oxygen atoms in total. The first-order valence-corrected chi connectivity index (χ1v) is 9.20. The van der Waals surface area contributed by atoms with Crippen LogP contribution in [-0.2, 0) is 9.53 Å². The van der Waals surface area contributed by atoms with Crippen molar-refractivity contribution in [2.45, 2.75) is 45.6 Å². The van der Waals surface area contributed by atoms with Gasteiger partial charge in [-0.3, -0.25) is 9.59 Å². The summed E-state index contributed by atoms with van der Waals surface area (Å²) in [5.41, 5.74) is 3.79. The summed E-state index contributed by atoms with van der Waals surface area (Å²) in [7, 11) is 0. The van der Waals surface area contributed by atoms with E-state index in [1.807, 2.05) is 51.1 Å². The van der Waals surface area contributed by atoms with E-state index in [1.54, 1.807) is 0 Å². The van der Waals surface area contributed by atoms with Gasteiger partial charge in [-0.15, -0.1) is 0 Å². The Morgan fingerprint density at radius 1 is 1.19 bits per heavy atom. The molecule has 6 heteroatoms. The Balaban J connectivity index is 1.92. The third-order valence-electron chi connectivity index (χ3n) is 5.35. The number of benzene rings is 1. The van der Waals surface area contributed by atoms with Gasteiger partial charge in [-0.25, -0.2) is 0 Å². The Bertz CT molecular complexity index is 863. The highest BCUT2D eigenvalue weighted by Crippen LogP contribution is 2.27. The minimum atomic E-state index is -0.914. The highest BCUT2D eigenvalue weighted by molar-refractivity contribution is 5.96. The van der Waals surface area contributed by atoms with Gasteiger partial charge < -0.3 is 19.7 Å². The normalized spacial score (nSPS) is 16.1. The third kappa shape index (κ3) is 3.90. The van der Waals surface area contributed by atoms with Crippen LogP contribution in [0.3, 0.4) is 0 Å². The zero-order valence-electron chi connectivity index (χ0n) is 16.0. The molecule has 1 saturated heterocycles. The van der Waals surface area contributed by atoms with E-state index < -0.39 is 11.5 Å². The van der Waals surface area contributed by atoms with Gasteiger partial charge in [-0.05, 0) is 51.3 Å². The lowest BCUT2D eigenvalue weighted by atomic mass is 9.86. The molecular formula is C21H26N2O4. The van der Waals surface area contributed by atoms with Crippen LogP contribution in [0.5, 0.6) is 0 Å². The molecule has 1 aliphatic rings. The fraction of sp³-hybridized carbons (Fsp3) is 0.429. The topological polar surface area (TPSA) is 80.6 Å². The van der Waals surface area contributed by atoms with Crippen LogP contribution in [0.15, 0.2) is 30.3 Å². The number of rotatable bonds is 5. The number of carbonyl (C=O) groups excluding carboxylic acids is 1. The molecule has 144 valence electrons. The van der Waals surface area contributed by atoms with Crippen molar-refractivity contribution in [1.29, 1.82) is 0 Å². The van der Waals surface area contributed by atoms with Crippen molar-refractivity contribution in [3.63, 3.8) is 0 Å². The van der Waals surface area contributed by atoms with Gasteiger partial charge in [0.2, 0.25) is 0 Å². The molecular weight excluding hydrogens is 344 g/mol. The second-order valence-corrected chi connectivity index (χ2v) is 7.32. The van der Waals surface area contributed by atoms with Crippen molar-refractivity contribution in [1.82, 2.24) is 9.88 Å². The Morgan fingerprint density at radius 3 is 2.48 bits per heavy atom. The molecule has 1 amide bonds. The summed E-state index contributed by atoms with van der Waals surface area (Å²) in [6, 6.07) is 9.90. The molecule has 0 atom stereocenters. The number of hydrogen-bond acceptors (Lipinski definition) is 3. The largest absolute Gasteiger partial charge is 0.481 e. The number of carbonyl (C=O) groups is 2. The quantitative estimate of drug-likeness (QED) is 0.847. The highest BCUT2D eigenvalue weighted by Gasteiger charge is 2.37. The van der Waals surface area contributed by atoms with Crippen molar-refractivity contribution in [2.24, 2.45) is 0 Å². The average molecular weight is 370 g/mol. The summed E-state index contributed by atoms with van der Waals surface area (Å²) in [4.78, 5) is 24.4. The predicted octanol–water partition coefficient (Wildman–Crippen LogP) is 3.16. The molecule has 1 fully saturated rings. The molecule has 0 spiro atoms. The Kier molecular flexibility index (Phi) is 5.37. The third-order valence-corrected chi connectivity index (χ3v) is 5.35. The number of amides is 1.